The Morgan fingerprint density at radius 2 is 2.00 bits per heavy atom. The van der Waals surface area contributed by atoms with Gasteiger partial charge in [0.1, 0.15) is 5.60 Å². The molecular formula is C15H23NO2. The normalized spacial score (nSPS) is 14.0. The fourth-order valence-electron chi connectivity index (χ4n) is 1.87. The number of anilines is 1. The molecule has 18 heavy (non-hydrogen) atoms. The Morgan fingerprint density at radius 1 is 1.33 bits per heavy atom. The van der Waals surface area contributed by atoms with Gasteiger partial charge >= 0.3 is 0 Å². The van der Waals surface area contributed by atoms with Crippen molar-refractivity contribution < 1.29 is 9.90 Å². The average Bonchev–Trinajstić information content (AvgIpc) is 2.38. The summed E-state index contributed by atoms with van der Waals surface area (Å²) in [7, 11) is 0. The lowest BCUT2D eigenvalue weighted by molar-refractivity contribution is -0.135. The first kappa shape index (κ1) is 14.7. The van der Waals surface area contributed by atoms with E-state index in [-0.39, 0.29) is 5.91 Å². The summed E-state index contributed by atoms with van der Waals surface area (Å²) in [4.78, 5) is 12.2. The minimum atomic E-state index is -1.25. The van der Waals surface area contributed by atoms with Crippen LogP contribution in [0.15, 0.2) is 24.3 Å². The smallest absolute Gasteiger partial charge is 0.256 e. The Labute approximate surface area is 109 Å². The summed E-state index contributed by atoms with van der Waals surface area (Å²) in [6.07, 6.45) is 2.77. The van der Waals surface area contributed by atoms with E-state index in [0.29, 0.717) is 12.8 Å². The zero-order valence-electron chi connectivity index (χ0n) is 11.5. The predicted octanol–water partition coefficient (Wildman–Crippen LogP) is 3.26. The number of carbonyl (C=O) groups excluding carboxylic acids is 1. The molecule has 0 radical (unpaired) electrons. The number of unbranched alkanes of at least 4 members (excludes halogenated alkanes) is 1. The lowest BCUT2D eigenvalue weighted by atomic mass is 9.92. The molecule has 0 fully saturated rings. The number of aryl methyl sites for hydroxylation is 1. The van der Waals surface area contributed by atoms with Crippen molar-refractivity contribution in [3.05, 3.63) is 29.8 Å². The van der Waals surface area contributed by atoms with Gasteiger partial charge in [0.05, 0.1) is 0 Å². The van der Waals surface area contributed by atoms with Crippen molar-refractivity contribution in [3.63, 3.8) is 0 Å². The summed E-state index contributed by atoms with van der Waals surface area (Å²) < 4.78 is 0. The first-order valence-electron chi connectivity index (χ1n) is 6.63. The minimum absolute atomic E-state index is 0.298. The summed E-state index contributed by atoms with van der Waals surface area (Å²) in [6, 6.07) is 7.59. The molecule has 0 aliphatic carbocycles. The third-order valence-electron chi connectivity index (χ3n) is 3.34. The zero-order chi connectivity index (χ0) is 13.6. The van der Waals surface area contributed by atoms with Crippen LogP contribution in [0.1, 0.15) is 45.1 Å². The molecule has 0 bridgehead atoms. The number of nitrogens with one attached hydrogen (secondary N) is 1. The summed E-state index contributed by atoms with van der Waals surface area (Å²) in [5.74, 6) is -0.298. The van der Waals surface area contributed by atoms with Crippen LogP contribution in [0.3, 0.4) is 0 Å². The Hall–Kier alpha value is -1.35. The summed E-state index contributed by atoms with van der Waals surface area (Å²) in [5.41, 5.74) is 0.517. The lowest BCUT2D eigenvalue weighted by Gasteiger charge is -2.25. The van der Waals surface area contributed by atoms with E-state index in [1.165, 1.54) is 0 Å². The Morgan fingerprint density at radius 3 is 2.56 bits per heavy atom. The second-order valence-electron chi connectivity index (χ2n) is 4.76. The first-order valence-corrected chi connectivity index (χ1v) is 6.63. The number of para-hydroxylation sites is 1. The Kier molecular flexibility index (Phi) is 5.35. The molecule has 1 amide bonds. The van der Waals surface area contributed by atoms with Crippen molar-refractivity contribution in [1.82, 2.24) is 0 Å². The van der Waals surface area contributed by atoms with Gasteiger partial charge in [-0.15, -0.1) is 0 Å². The van der Waals surface area contributed by atoms with Gasteiger partial charge in [-0.3, -0.25) is 4.79 Å². The topological polar surface area (TPSA) is 49.3 Å². The molecule has 0 spiro atoms. The van der Waals surface area contributed by atoms with Gasteiger partial charge in [0.15, 0.2) is 0 Å². The highest BCUT2D eigenvalue weighted by atomic mass is 16.3. The molecule has 1 aromatic carbocycles. The van der Waals surface area contributed by atoms with Gasteiger partial charge < -0.3 is 10.4 Å². The van der Waals surface area contributed by atoms with Crippen LogP contribution in [0.5, 0.6) is 0 Å². The summed E-state index contributed by atoms with van der Waals surface area (Å²) in [6.45, 7) is 5.83. The van der Waals surface area contributed by atoms with Gasteiger partial charge in [0, 0.05) is 5.69 Å². The number of hydrogen-bond donors (Lipinski definition) is 2. The molecule has 0 aromatic heterocycles. The van der Waals surface area contributed by atoms with E-state index in [1.54, 1.807) is 0 Å². The van der Waals surface area contributed by atoms with Gasteiger partial charge in [-0.05, 0) is 31.4 Å². The maximum atomic E-state index is 12.2. The lowest BCUT2D eigenvalue weighted by Crippen LogP contribution is -2.42. The van der Waals surface area contributed by atoms with Crippen molar-refractivity contribution in [2.75, 3.05) is 5.32 Å². The third-order valence-corrected chi connectivity index (χ3v) is 3.34. The summed E-state index contributed by atoms with van der Waals surface area (Å²) >= 11 is 0. The highest BCUT2D eigenvalue weighted by Gasteiger charge is 2.33. The molecule has 0 saturated heterocycles. The number of hydrogen-bond acceptors (Lipinski definition) is 2. The fraction of sp³-hybridized carbons (Fsp3) is 0.533. The van der Waals surface area contributed by atoms with Crippen LogP contribution in [-0.2, 0) is 4.79 Å². The van der Waals surface area contributed by atoms with E-state index in [9.17, 15) is 9.90 Å². The molecule has 3 nitrogen and oxygen atoms in total. The second-order valence-corrected chi connectivity index (χ2v) is 4.76. The van der Waals surface area contributed by atoms with Crippen LogP contribution in [0, 0.1) is 6.92 Å². The number of carbonyl (C=O) groups is 1. The van der Waals surface area contributed by atoms with Crippen LogP contribution < -0.4 is 5.32 Å². The number of benzene rings is 1. The summed E-state index contributed by atoms with van der Waals surface area (Å²) in [5, 5.41) is 13.2. The number of amides is 1. The highest BCUT2D eigenvalue weighted by Crippen LogP contribution is 2.22. The van der Waals surface area contributed by atoms with Gasteiger partial charge in [-0.2, -0.15) is 0 Å². The first-order chi connectivity index (χ1) is 8.53. The maximum absolute atomic E-state index is 12.2. The van der Waals surface area contributed by atoms with Gasteiger partial charge in [-0.1, -0.05) is 44.9 Å². The van der Waals surface area contributed by atoms with E-state index >= 15 is 0 Å². The Bertz CT molecular complexity index is 403. The minimum Gasteiger partial charge on any atom is -0.380 e. The third kappa shape index (κ3) is 3.57. The maximum Gasteiger partial charge on any atom is 0.256 e. The van der Waals surface area contributed by atoms with Gasteiger partial charge in [0.2, 0.25) is 0 Å². The van der Waals surface area contributed by atoms with Crippen LogP contribution in [0.2, 0.25) is 0 Å². The van der Waals surface area contributed by atoms with Crippen molar-refractivity contribution >= 4 is 11.6 Å². The number of rotatable bonds is 6. The van der Waals surface area contributed by atoms with E-state index in [0.717, 1.165) is 24.1 Å². The highest BCUT2D eigenvalue weighted by molar-refractivity contribution is 5.97. The monoisotopic (exact) mass is 249 g/mol. The molecule has 3 heteroatoms. The SMILES string of the molecule is CCCC[C@@](O)(CC)C(=O)Nc1ccccc1C. The number of aliphatic hydroxyl groups is 1. The van der Waals surface area contributed by atoms with E-state index in [4.69, 9.17) is 0 Å². The van der Waals surface area contributed by atoms with Gasteiger partial charge in [0.25, 0.3) is 5.91 Å². The van der Waals surface area contributed by atoms with Crippen LogP contribution in [0.25, 0.3) is 0 Å². The van der Waals surface area contributed by atoms with E-state index < -0.39 is 5.60 Å². The van der Waals surface area contributed by atoms with Crippen molar-refractivity contribution in [1.29, 1.82) is 0 Å². The Balaban J connectivity index is 2.77. The van der Waals surface area contributed by atoms with Crippen LogP contribution >= 0.6 is 0 Å². The molecule has 1 aromatic rings. The molecule has 100 valence electrons. The van der Waals surface area contributed by atoms with E-state index in [2.05, 4.69) is 12.2 Å². The van der Waals surface area contributed by atoms with Crippen LogP contribution in [-0.4, -0.2) is 16.6 Å². The zero-order valence-corrected chi connectivity index (χ0v) is 11.5. The van der Waals surface area contributed by atoms with Gasteiger partial charge in [-0.25, -0.2) is 0 Å². The molecule has 1 rings (SSSR count). The molecule has 2 N–H and O–H groups in total. The fourth-order valence-corrected chi connectivity index (χ4v) is 1.87. The van der Waals surface area contributed by atoms with Crippen LogP contribution in [0.4, 0.5) is 5.69 Å². The molecule has 0 saturated carbocycles. The molecule has 1 atom stereocenters. The van der Waals surface area contributed by atoms with Crippen molar-refractivity contribution in [2.24, 2.45) is 0 Å². The molecule has 0 aliphatic rings. The largest absolute Gasteiger partial charge is 0.380 e. The average molecular weight is 249 g/mol. The molecule has 0 aliphatic heterocycles. The molecule has 0 heterocycles. The standard InChI is InChI=1S/C15H23NO2/c1-4-6-11-15(18,5-2)14(17)16-13-10-8-7-9-12(13)3/h7-10,18H,4-6,11H2,1-3H3,(H,16,17)/t15-/m0/s1. The predicted molar refractivity (Wildman–Crippen MR) is 74.6 cm³/mol. The quantitative estimate of drug-likeness (QED) is 0.813. The van der Waals surface area contributed by atoms with E-state index in [1.807, 2.05) is 38.1 Å². The van der Waals surface area contributed by atoms with Crippen molar-refractivity contribution in [2.45, 2.75) is 52.1 Å². The second kappa shape index (κ2) is 6.55. The molecule has 0 unspecified atom stereocenters. The molecular weight excluding hydrogens is 226 g/mol. The van der Waals surface area contributed by atoms with Crippen molar-refractivity contribution in [3.8, 4) is 0 Å².